The van der Waals surface area contributed by atoms with Crippen LogP contribution in [0, 0.1) is 0 Å². The van der Waals surface area contributed by atoms with Gasteiger partial charge in [0.1, 0.15) is 23.1 Å². The predicted molar refractivity (Wildman–Crippen MR) is 120 cm³/mol. The number of thiazole rings is 1. The molecule has 1 aliphatic heterocycles. The van der Waals surface area contributed by atoms with Gasteiger partial charge in [0.2, 0.25) is 5.01 Å². The second kappa shape index (κ2) is 8.26. The van der Waals surface area contributed by atoms with E-state index in [2.05, 4.69) is 25.3 Å². The molecule has 1 amide bonds. The number of rotatable bonds is 4. The molecule has 32 heavy (non-hydrogen) atoms. The summed E-state index contributed by atoms with van der Waals surface area (Å²) in [6, 6.07) is 1.79. The summed E-state index contributed by atoms with van der Waals surface area (Å²) in [5.41, 5.74) is 8.16. The number of carbonyl (C=O) groups excluding carboxylic acids is 1. The topological polar surface area (TPSA) is 148 Å². The van der Waals surface area contributed by atoms with Gasteiger partial charge in [-0.1, -0.05) is 0 Å². The molecule has 0 spiro atoms. The lowest BCUT2D eigenvalue weighted by Gasteiger charge is -2.34. The van der Waals surface area contributed by atoms with E-state index in [1.165, 1.54) is 6.33 Å². The first-order chi connectivity index (χ1) is 15.1. The molecule has 1 atom stereocenters. The molecular weight excluding hydrogens is 434 g/mol. The van der Waals surface area contributed by atoms with Gasteiger partial charge in [0.25, 0.3) is 0 Å². The predicted octanol–water partition coefficient (Wildman–Crippen LogP) is 2.63. The number of ether oxygens (including phenoxy) is 1. The Hall–Kier alpha value is -3.41. The highest BCUT2D eigenvalue weighted by atomic mass is 32.1. The molecule has 1 fully saturated rings. The van der Waals surface area contributed by atoms with Gasteiger partial charge in [-0.3, -0.25) is 0 Å². The van der Waals surface area contributed by atoms with Crippen LogP contribution < -0.4 is 16.0 Å². The van der Waals surface area contributed by atoms with E-state index in [-0.39, 0.29) is 11.0 Å². The molecule has 3 aromatic heterocycles. The zero-order valence-corrected chi connectivity index (χ0v) is 18.8. The van der Waals surface area contributed by atoms with Gasteiger partial charge in [-0.15, -0.1) is 11.3 Å². The monoisotopic (exact) mass is 459 g/mol. The molecule has 4 heterocycles. The Morgan fingerprint density at radius 1 is 1.38 bits per heavy atom. The van der Waals surface area contributed by atoms with E-state index in [0.29, 0.717) is 29.3 Å². The number of nitrogens with zero attached hydrogens (tertiary/aromatic N) is 5. The van der Waals surface area contributed by atoms with Crippen LogP contribution in [0.25, 0.3) is 16.9 Å². The van der Waals surface area contributed by atoms with Gasteiger partial charge in [-0.25, -0.2) is 24.1 Å². The minimum atomic E-state index is -1.08. The number of fused-ring (bicyclic) bond motifs is 1. The Labute approximate surface area is 188 Å². The Bertz CT molecular complexity index is 1170. The van der Waals surface area contributed by atoms with Crippen LogP contribution in [0.2, 0.25) is 0 Å². The fraction of sp³-hybridized carbons (Fsp3) is 0.450. The Kier molecular flexibility index (Phi) is 5.63. The number of nitrogen functional groups attached to an aromatic ring is 1. The van der Waals surface area contributed by atoms with Crippen LogP contribution in [0.15, 0.2) is 17.8 Å². The number of nitrogens with one attached hydrogen (secondary N) is 1. The van der Waals surface area contributed by atoms with Crippen LogP contribution in [0.3, 0.4) is 0 Å². The highest BCUT2D eigenvalue weighted by Crippen LogP contribution is 2.35. The first-order valence-electron chi connectivity index (χ1n) is 10.2. The largest absolute Gasteiger partial charge is 0.476 e. The fourth-order valence-electron chi connectivity index (χ4n) is 3.75. The molecule has 12 heteroatoms. The minimum Gasteiger partial charge on any atom is -0.476 e. The normalized spacial score (nSPS) is 16.8. The van der Waals surface area contributed by atoms with Gasteiger partial charge >= 0.3 is 12.1 Å². The molecule has 4 N–H and O–H groups in total. The number of anilines is 2. The van der Waals surface area contributed by atoms with Gasteiger partial charge < -0.3 is 25.8 Å². The Morgan fingerprint density at radius 3 is 2.84 bits per heavy atom. The van der Waals surface area contributed by atoms with Crippen LogP contribution >= 0.6 is 11.3 Å². The van der Waals surface area contributed by atoms with Crippen molar-refractivity contribution in [3.05, 3.63) is 22.8 Å². The number of hydrogen-bond acceptors (Lipinski definition) is 9. The first-order valence-corrected chi connectivity index (χ1v) is 11.1. The van der Waals surface area contributed by atoms with Crippen LogP contribution in [0.5, 0.6) is 0 Å². The van der Waals surface area contributed by atoms with Crippen LogP contribution in [-0.2, 0) is 4.74 Å². The zero-order chi connectivity index (χ0) is 23.0. The Balaban J connectivity index is 1.65. The maximum Gasteiger partial charge on any atom is 0.407 e. The van der Waals surface area contributed by atoms with Crippen LogP contribution in [0.4, 0.5) is 16.3 Å². The number of aromatic nitrogens is 4. The molecule has 0 aromatic carbocycles. The lowest BCUT2D eigenvalue weighted by atomic mass is 10.1. The quantitative estimate of drug-likeness (QED) is 0.535. The van der Waals surface area contributed by atoms with Crippen molar-refractivity contribution in [2.45, 2.75) is 45.3 Å². The molecule has 0 aliphatic carbocycles. The summed E-state index contributed by atoms with van der Waals surface area (Å²) in [7, 11) is 0. The van der Waals surface area contributed by atoms with Crippen molar-refractivity contribution in [1.82, 2.24) is 24.9 Å². The molecule has 4 rings (SSSR count). The van der Waals surface area contributed by atoms with Gasteiger partial charge in [0.05, 0.1) is 11.4 Å². The minimum absolute atomic E-state index is 0.00174. The molecule has 1 aliphatic rings. The van der Waals surface area contributed by atoms with Crippen molar-refractivity contribution in [2.24, 2.45) is 0 Å². The summed E-state index contributed by atoms with van der Waals surface area (Å²) >= 11 is 1.05. The molecular formula is C20H25N7O4S. The molecule has 1 saturated heterocycles. The maximum absolute atomic E-state index is 12.2. The number of hydrogen-bond donors (Lipinski definition) is 3. The summed E-state index contributed by atoms with van der Waals surface area (Å²) in [6.45, 7) is 6.80. The van der Waals surface area contributed by atoms with Crippen LogP contribution in [0.1, 0.15) is 43.4 Å². The number of aromatic carboxylic acids is 1. The van der Waals surface area contributed by atoms with E-state index in [0.717, 1.165) is 36.4 Å². The van der Waals surface area contributed by atoms with Crippen molar-refractivity contribution in [2.75, 3.05) is 23.7 Å². The third-order valence-electron chi connectivity index (χ3n) is 5.00. The fourth-order valence-corrected chi connectivity index (χ4v) is 4.40. The van der Waals surface area contributed by atoms with Gasteiger partial charge in [-0.2, -0.15) is 5.10 Å². The standard InChI is InChI=1S/C20H25N7O4S/c1-20(2,3)31-19(30)24-11-5-4-6-26(8-11)14-7-13(12-9-32-17(25-12)18(28)29)27-15(14)16(21)22-10-23-27/h7,9-11H,4-6,8H2,1-3H3,(H,24,30)(H,28,29)(H2,21,22,23). The summed E-state index contributed by atoms with van der Waals surface area (Å²) in [5, 5.41) is 18.2. The van der Waals surface area contributed by atoms with Gasteiger partial charge in [0, 0.05) is 24.5 Å². The molecule has 170 valence electrons. The number of carboxylic acids is 1. The average molecular weight is 460 g/mol. The number of carboxylic acid groups (broad SMARTS) is 1. The van der Waals surface area contributed by atoms with Crippen molar-refractivity contribution in [3.63, 3.8) is 0 Å². The number of carbonyl (C=O) groups is 2. The summed E-state index contributed by atoms with van der Waals surface area (Å²) in [4.78, 5) is 34.0. The SMILES string of the molecule is CC(C)(C)OC(=O)NC1CCCN(c2cc(-c3csc(C(=O)O)n3)n3ncnc(N)c23)C1. The van der Waals surface area contributed by atoms with Gasteiger partial charge in [-0.05, 0) is 39.7 Å². The lowest BCUT2D eigenvalue weighted by Crippen LogP contribution is -2.49. The highest BCUT2D eigenvalue weighted by Gasteiger charge is 2.28. The van der Waals surface area contributed by atoms with E-state index in [1.54, 1.807) is 9.90 Å². The van der Waals surface area contributed by atoms with Crippen LogP contribution in [-0.4, -0.2) is 61.5 Å². The third-order valence-corrected chi connectivity index (χ3v) is 5.83. The maximum atomic E-state index is 12.2. The van der Waals surface area contributed by atoms with Gasteiger partial charge in [0.15, 0.2) is 5.82 Å². The second-order valence-electron chi connectivity index (χ2n) is 8.59. The smallest absolute Gasteiger partial charge is 0.407 e. The second-order valence-corrected chi connectivity index (χ2v) is 9.45. The van der Waals surface area contributed by atoms with Crippen molar-refractivity contribution >= 4 is 40.4 Å². The van der Waals surface area contributed by atoms with E-state index < -0.39 is 17.7 Å². The average Bonchev–Trinajstić information content (AvgIpc) is 3.32. The number of piperidine rings is 1. The molecule has 3 aromatic rings. The van der Waals surface area contributed by atoms with E-state index in [9.17, 15) is 14.7 Å². The van der Waals surface area contributed by atoms with Crippen molar-refractivity contribution < 1.29 is 19.4 Å². The summed E-state index contributed by atoms with van der Waals surface area (Å²) in [5.74, 6) is -0.777. The summed E-state index contributed by atoms with van der Waals surface area (Å²) in [6.07, 6.45) is 2.59. The Morgan fingerprint density at radius 2 is 2.16 bits per heavy atom. The van der Waals surface area contributed by atoms with Crippen molar-refractivity contribution in [1.29, 1.82) is 0 Å². The molecule has 1 unspecified atom stereocenters. The van der Waals surface area contributed by atoms with E-state index >= 15 is 0 Å². The molecule has 11 nitrogen and oxygen atoms in total. The molecule has 0 saturated carbocycles. The van der Waals surface area contributed by atoms with E-state index in [4.69, 9.17) is 10.5 Å². The lowest BCUT2D eigenvalue weighted by molar-refractivity contribution is 0.0499. The zero-order valence-electron chi connectivity index (χ0n) is 18.0. The van der Waals surface area contributed by atoms with E-state index in [1.807, 2.05) is 26.8 Å². The number of alkyl carbamates (subject to hydrolysis) is 1. The number of nitrogens with two attached hydrogens (primary N) is 1. The molecule has 0 bridgehead atoms. The summed E-state index contributed by atoms with van der Waals surface area (Å²) < 4.78 is 7.01. The first kappa shape index (κ1) is 21.8. The third kappa shape index (κ3) is 4.44. The number of amides is 1. The van der Waals surface area contributed by atoms with Crippen molar-refractivity contribution in [3.8, 4) is 11.4 Å². The molecule has 0 radical (unpaired) electrons. The highest BCUT2D eigenvalue weighted by molar-refractivity contribution is 7.11.